The largest absolute Gasteiger partial charge is 0.504 e. The van der Waals surface area contributed by atoms with E-state index in [9.17, 15) is 14.7 Å². The van der Waals surface area contributed by atoms with Crippen LogP contribution in [0.3, 0.4) is 0 Å². The van der Waals surface area contributed by atoms with Crippen molar-refractivity contribution in [1.29, 1.82) is 0 Å². The van der Waals surface area contributed by atoms with E-state index in [1.165, 1.54) is 17.0 Å². The number of rotatable bonds is 4. The van der Waals surface area contributed by atoms with Gasteiger partial charge in [-0.1, -0.05) is 23.7 Å². The molecule has 1 fully saturated rings. The SMILES string of the molecule is CCOc1cc(/C=C2\C(=O)NC(=S)N(c3cccc(Cl)c3C)C2=O)ccc1O. The van der Waals surface area contributed by atoms with Gasteiger partial charge in [0.1, 0.15) is 5.57 Å². The molecule has 8 heteroatoms. The molecule has 6 nitrogen and oxygen atoms in total. The number of phenols is 1. The van der Waals surface area contributed by atoms with Gasteiger partial charge in [0.2, 0.25) is 0 Å². The maximum Gasteiger partial charge on any atom is 0.270 e. The number of carbonyl (C=O) groups is 2. The molecule has 0 aliphatic carbocycles. The van der Waals surface area contributed by atoms with Gasteiger partial charge in [0, 0.05) is 5.02 Å². The highest BCUT2D eigenvalue weighted by molar-refractivity contribution is 7.80. The number of anilines is 1. The van der Waals surface area contributed by atoms with E-state index in [1.807, 2.05) is 0 Å². The predicted molar refractivity (Wildman–Crippen MR) is 112 cm³/mol. The first-order chi connectivity index (χ1) is 13.3. The van der Waals surface area contributed by atoms with Crippen molar-refractivity contribution in [2.45, 2.75) is 13.8 Å². The van der Waals surface area contributed by atoms with E-state index < -0.39 is 11.8 Å². The molecule has 3 rings (SSSR count). The van der Waals surface area contributed by atoms with Crippen LogP contribution in [0.15, 0.2) is 42.0 Å². The molecule has 0 radical (unpaired) electrons. The van der Waals surface area contributed by atoms with Crippen molar-refractivity contribution in [3.05, 3.63) is 58.1 Å². The molecule has 1 heterocycles. The lowest BCUT2D eigenvalue weighted by molar-refractivity contribution is -0.122. The Hall–Kier alpha value is -2.90. The van der Waals surface area contributed by atoms with Gasteiger partial charge in [-0.3, -0.25) is 19.8 Å². The summed E-state index contributed by atoms with van der Waals surface area (Å²) in [6.07, 6.45) is 1.42. The smallest absolute Gasteiger partial charge is 0.270 e. The predicted octanol–water partition coefficient (Wildman–Crippen LogP) is 3.58. The summed E-state index contributed by atoms with van der Waals surface area (Å²) in [5.74, 6) is -0.929. The first kappa shape index (κ1) is 19.9. The lowest BCUT2D eigenvalue weighted by Crippen LogP contribution is -2.54. The fraction of sp³-hybridized carbons (Fsp3) is 0.150. The van der Waals surface area contributed by atoms with Crippen LogP contribution in [0.25, 0.3) is 6.08 Å². The number of phenolic OH excluding ortho intramolecular Hbond substituents is 1. The highest BCUT2D eigenvalue weighted by Gasteiger charge is 2.35. The number of halogens is 1. The summed E-state index contributed by atoms with van der Waals surface area (Å²) >= 11 is 11.4. The van der Waals surface area contributed by atoms with Gasteiger partial charge in [0.25, 0.3) is 11.8 Å². The molecule has 2 aromatic carbocycles. The van der Waals surface area contributed by atoms with Crippen LogP contribution < -0.4 is 15.0 Å². The van der Waals surface area contributed by atoms with Crippen LogP contribution in [0, 0.1) is 6.92 Å². The minimum Gasteiger partial charge on any atom is -0.504 e. The van der Waals surface area contributed by atoms with Gasteiger partial charge in [-0.2, -0.15) is 0 Å². The molecular formula is C20H17ClN2O4S. The van der Waals surface area contributed by atoms with E-state index in [4.69, 9.17) is 28.6 Å². The Labute approximate surface area is 172 Å². The lowest BCUT2D eigenvalue weighted by Gasteiger charge is -2.30. The second-order valence-electron chi connectivity index (χ2n) is 6.00. The molecule has 1 aliphatic rings. The lowest BCUT2D eigenvalue weighted by atomic mass is 10.1. The number of ether oxygens (including phenoxy) is 1. The number of hydrogen-bond donors (Lipinski definition) is 2. The first-order valence-corrected chi connectivity index (χ1v) is 9.24. The Morgan fingerprint density at radius 2 is 2.04 bits per heavy atom. The molecule has 0 saturated carbocycles. The number of carbonyl (C=O) groups excluding carboxylic acids is 2. The zero-order chi connectivity index (χ0) is 20.4. The zero-order valence-electron chi connectivity index (χ0n) is 15.2. The van der Waals surface area contributed by atoms with Crippen molar-refractivity contribution in [2.24, 2.45) is 0 Å². The van der Waals surface area contributed by atoms with Crippen LogP contribution >= 0.6 is 23.8 Å². The van der Waals surface area contributed by atoms with Gasteiger partial charge < -0.3 is 9.84 Å². The topological polar surface area (TPSA) is 78.9 Å². The summed E-state index contributed by atoms with van der Waals surface area (Å²) in [5.41, 5.74) is 1.59. The summed E-state index contributed by atoms with van der Waals surface area (Å²) in [4.78, 5) is 26.7. The quantitative estimate of drug-likeness (QED) is 0.452. The third kappa shape index (κ3) is 3.72. The van der Waals surface area contributed by atoms with Crippen LogP contribution in [0.4, 0.5) is 5.69 Å². The van der Waals surface area contributed by atoms with Crippen molar-refractivity contribution in [3.8, 4) is 11.5 Å². The molecule has 2 N–H and O–H groups in total. The molecule has 1 saturated heterocycles. The number of benzene rings is 2. The third-order valence-electron chi connectivity index (χ3n) is 4.18. The van der Waals surface area contributed by atoms with Crippen molar-refractivity contribution in [3.63, 3.8) is 0 Å². The highest BCUT2D eigenvalue weighted by atomic mass is 35.5. The average Bonchev–Trinajstić information content (AvgIpc) is 2.64. The van der Waals surface area contributed by atoms with Crippen molar-refractivity contribution in [2.75, 3.05) is 11.5 Å². The first-order valence-electron chi connectivity index (χ1n) is 8.46. The molecular weight excluding hydrogens is 400 g/mol. The Kier molecular flexibility index (Phi) is 5.67. The van der Waals surface area contributed by atoms with Gasteiger partial charge in [0.05, 0.1) is 12.3 Å². The summed E-state index contributed by atoms with van der Waals surface area (Å²) in [5, 5.41) is 12.8. The molecule has 0 unspecified atom stereocenters. The summed E-state index contributed by atoms with van der Waals surface area (Å²) < 4.78 is 5.35. The van der Waals surface area contributed by atoms with Crippen LogP contribution in [0.1, 0.15) is 18.1 Å². The number of nitrogens with zero attached hydrogens (tertiary/aromatic N) is 1. The maximum absolute atomic E-state index is 13.1. The average molecular weight is 417 g/mol. The van der Waals surface area contributed by atoms with Crippen LogP contribution in [-0.4, -0.2) is 28.6 Å². The minimum atomic E-state index is -0.600. The number of aromatic hydroxyl groups is 1. The molecule has 2 aromatic rings. The normalized spacial score (nSPS) is 15.8. The van der Waals surface area contributed by atoms with E-state index in [2.05, 4.69) is 5.32 Å². The monoisotopic (exact) mass is 416 g/mol. The Morgan fingerprint density at radius 1 is 1.29 bits per heavy atom. The van der Waals surface area contributed by atoms with E-state index in [-0.39, 0.29) is 22.2 Å². The van der Waals surface area contributed by atoms with E-state index in [0.717, 1.165) is 0 Å². The second kappa shape index (κ2) is 8.00. The van der Waals surface area contributed by atoms with Gasteiger partial charge in [-0.05, 0) is 67.5 Å². The van der Waals surface area contributed by atoms with Crippen LogP contribution in [-0.2, 0) is 9.59 Å². The number of amides is 2. The van der Waals surface area contributed by atoms with Gasteiger partial charge >= 0.3 is 0 Å². The molecule has 2 amide bonds. The maximum atomic E-state index is 13.1. The van der Waals surface area contributed by atoms with Gasteiger partial charge in [0.15, 0.2) is 16.6 Å². The highest BCUT2D eigenvalue weighted by Crippen LogP contribution is 2.31. The molecule has 1 aliphatic heterocycles. The van der Waals surface area contributed by atoms with E-state index in [1.54, 1.807) is 44.2 Å². The summed E-state index contributed by atoms with van der Waals surface area (Å²) in [7, 11) is 0. The van der Waals surface area contributed by atoms with Gasteiger partial charge in [-0.25, -0.2) is 0 Å². The Bertz CT molecular complexity index is 1020. The standard InChI is InChI=1S/C20H17ClN2O4S/c1-3-27-17-10-12(7-8-16(17)24)9-13-18(25)22-20(28)23(19(13)26)15-6-4-5-14(21)11(15)2/h4-10,24H,3H2,1-2H3,(H,22,25,28)/b13-9+. The minimum absolute atomic E-state index is 0.0155. The molecule has 0 atom stereocenters. The summed E-state index contributed by atoms with van der Waals surface area (Å²) in [6, 6.07) is 9.68. The van der Waals surface area contributed by atoms with Crippen molar-refractivity contribution in [1.82, 2.24) is 5.32 Å². The fourth-order valence-corrected chi connectivity index (χ4v) is 3.22. The van der Waals surface area contributed by atoms with Crippen molar-refractivity contribution >= 4 is 52.5 Å². The van der Waals surface area contributed by atoms with E-state index in [0.29, 0.717) is 28.4 Å². The van der Waals surface area contributed by atoms with Crippen LogP contribution in [0.2, 0.25) is 5.02 Å². The molecule has 0 aromatic heterocycles. The fourth-order valence-electron chi connectivity index (χ4n) is 2.77. The molecule has 0 bridgehead atoms. The van der Waals surface area contributed by atoms with E-state index >= 15 is 0 Å². The van der Waals surface area contributed by atoms with Crippen LogP contribution in [0.5, 0.6) is 11.5 Å². The number of nitrogens with one attached hydrogen (secondary N) is 1. The second-order valence-corrected chi connectivity index (χ2v) is 6.80. The third-order valence-corrected chi connectivity index (χ3v) is 4.87. The zero-order valence-corrected chi connectivity index (χ0v) is 16.7. The molecule has 28 heavy (non-hydrogen) atoms. The van der Waals surface area contributed by atoms with Crippen molar-refractivity contribution < 1.29 is 19.4 Å². The Morgan fingerprint density at radius 3 is 2.75 bits per heavy atom. The summed E-state index contributed by atoms with van der Waals surface area (Å²) in [6.45, 7) is 3.92. The molecule has 144 valence electrons. The molecule has 0 spiro atoms. The number of hydrogen-bond acceptors (Lipinski definition) is 5. The number of thiocarbonyl (C=S) groups is 1. The Balaban J connectivity index is 2.04. The van der Waals surface area contributed by atoms with Gasteiger partial charge in [-0.15, -0.1) is 0 Å².